The second-order valence-electron chi connectivity index (χ2n) is 10.4. The second-order valence-corrected chi connectivity index (χ2v) is 10.8. The number of allylic oxidation sites excluding steroid dienone is 4. The summed E-state index contributed by atoms with van der Waals surface area (Å²) in [5.41, 5.74) is -3.20. The third kappa shape index (κ3) is 2.71. The van der Waals surface area contributed by atoms with Gasteiger partial charge in [-0.25, -0.2) is 4.39 Å². The minimum absolute atomic E-state index is 0.104. The predicted octanol–water partition coefficient (Wildman–Crippen LogP) is 4.68. The second kappa shape index (κ2) is 7.42. The quantitative estimate of drug-likeness (QED) is 0.462. The monoisotopic (exact) mass is 468 g/mol. The Balaban J connectivity index is 1.83. The van der Waals surface area contributed by atoms with Crippen molar-refractivity contribution in [3.05, 3.63) is 23.3 Å². The zero-order chi connectivity index (χ0) is 23.8. The number of carbonyl (C=O) groups excluding carboxylic acids is 2. The Morgan fingerprint density at radius 3 is 2.59 bits per heavy atom. The molecule has 3 fully saturated rings. The van der Waals surface area contributed by atoms with Gasteiger partial charge in [-0.15, -0.1) is 0 Å². The molecule has 0 heterocycles. The molecule has 8 atom stereocenters. The summed E-state index contributed by atoms with van der Waals surface area (Å²) in [6.07, 6.45) is 1.87. The van der Waals surface area contributed by atoms with Gasteiger partial charge in [0.05, 0.1) is 6.10 Å². The highest BCUT2D eigenvalue weighted by Gasteiger charge is 2.73. The number of hydrogen-bond acceptors (Lipinski definition) is 5. The summed E-state index contributed by atoms with van der Waals surface area (Å²) in [5.74, 6) is -5.28. The molecule has 32 heavy (non-hydrogen) atoms. The minimum Gasteiger partial charge on any atom is -0.499 e. The maximum Gasteiger partial charge on any atom is 0.306 e. The van der Waals surface area contributed by atoms with Gasteiger partial charge in [0.2, 0.25) is 16.7 Å². The van der Waals surface area contributed by atoms with Crippen LogP contribution in [0.2, 0.25) is 0 Å². The summed E-state index contributed by atoms with van der Waals surface area (Å²) in [4.78, 5) is 24.3. The van der Waals surface area contributed by atoms with Crippen molar-refractivity contribution in [1.29, 1.82) is 0 Å². The van der Waals surface area contributed by atoms with Gasteiger partial charge in [0.25, 0.3) is 0 Å². The van der Waals surface area contributed by atoms with Crippen molar-refractivity contribution in [1.82, 2.24) is 0 Å². The Morgan fingerprint density at radius 1 is 1.34 bits per heavy atom. The lowest BCUT2D eigenvalue weighted by Crippen LogP contribution is -2.63. The van der Waals surface area contributed by atoms with E-state index >= 15 is 4.39 Å². The molecule has 4 aliphatic carbocycles. The van der Waals surface area contributed by atoms with Crippen LogP contribution in [0.5, 0.6) is 0 Å². The molecule has 5 nitrogen and oxygen atoms in total. The van der Waals surface area contributed by atoms with E-state index in [0.717, 1.165) is 0 Å². The number of esters is 1. The summed E-state index contributed by atoms with van der Waals surface area (Å²) < 4.78 is 35.6. The van der Waals surface area contributed by atoms with Crippen LogP contribution in [-0.4, -0.2) is 38.7 Å². The van der Waals surface area contributed by atoms with Crippen LogP contribution in [0.15, 0.2) is 23.3 Å². The predicted molar refractivity (Wildman–Crippen MR) is 117 cm³/mol. The van der Waals surface area contributed by atoms with Crippen LogP contribution in [0.4, 0.5) is 8.78 Å². The number of aliphatic hydroxyl groups is 2. The molecule has 0 saturated heterocycles. The van der Waals surface area contributed by atoms with Crippen LogP contribution in [0.3, 0.4) is 0 Å². The van der Waals surface area contributed by atoms with E-state index in [1.54, 1.807) is 13.8 Å². The molecule has 0 aliphatic heterocycles. The zero-order valence-electron chi connectivity index (χ0n) is 18.8. The van der Waals surface area contributed by atoms with Crippen molar-refractivity contribution in [2.45, 2.75) is 71.5 Å². The number of fused-ring (bicyclic) bond motifs is 5. The minimum atomic E-state index is -1.44. The first-order chi connectivity index (χ1) is 14.9. The first kappa shape index (κ1) is 23.5. The molecule has 3 saturated carbocycles. The van der Waals surface area contributed by atoms with Crippen LogP contribution >= 0.6 is 12.2 Å². The number of carbonyl (C=O) groups is 2. The smallest absolute Gasteiger partial charge is 0.306 e. The number of hydrogen-bond donors (Lipinski definition) is 2. The maximum absolute atomic E-state index is 15.3. The van der Waals surface area contributed by atoms with Gasteiger partial charge in [0, 0.05) is 29.1 Å². The Kier molecular flexibility index (Phi) is 5.45. The molecule has 0 bridgehead atoms. The van der Waals surface area contributed by atoms with E-state index < -0.39 is 56.9 Å². The van der Waals surface area contributed by atoms with Crippen LogP contribution in [0.25, 0.3) is 0 Å². The standard InChI is InChI=1S/C24H30F2O5S/c1-5-17(29)31-24(21(30)32)11(2)8-14-13-7-6-12-9-15(27)19(25)20(26)23(12,4)18(13)16(28)10-22(14,24)3/h9,11,13-14,16,18,28H,5-8,10H2,1-4H3,(H,30,32)/t11-,13+,14+,16+,18-,22+,23+,24+/m1/s1. The number of thiocarbonyl (C=S) groups is 1. The van der Waals surface area contributed by atoms with Crippen LogP contribution < -0.4 is 0 Å². The molecule has 0 aromatic carbocycles. The number of aliphatic hydroxyl groups excluding tert-OH is 2. The Labute approximate surface area is 191 Å². The van der Waals surface area contributed by atoms with Crippen LogP contribution in [-0.2, 0) is 14.3 Å². The molecule has 0 aromatic heterocycles. The molecule has 176 valence electrons. The normalized spacial score (nSPS) is 45.5. The maximum atomic E-state index is 15.3. The lowest BCUT2D eigenvalue weighted by Gasteiger charge is -2.60. The molecule has 0 radical (unpaired) electrons. The highest BCUT2D eigenvalue weighted by molar-refractivity contribution is 7.80. The van der Waals surface area contributed by atoms with Gasteiger partial charge < -0.3 is 14.9 Å². The SMILES string of the molecule is CCC(=O)O[C@]1(C(O)=S)[C@H](C)C[C@H]2[C@@H]3CCC4=CC(=O)C(F)=C(F)[C@]4(C)[C@H]3[C@@H](O)C[C@@]21C. The van der Waals surface area contributed by atoms with Gasteiger partial charge in [0.15, 0.2) is 5.60 Å². The number of ketones is 1. The molecule has 2 N–H and O–H groups in total. The van der Waals surface area contributed by atoms with E-state index in [4.69, 9.17) is 17.0 Å². The van der Waals surface area contributed by atoms with E-state index in [1.165, 1.54) is 6.08 Å². The van der Waals surface area contributed by atoms with Crippen molar-refractivity contribution in [3.8, 4) is 0 Å². The first-order valence-corrected chi connectivity index (χ1v) is 11.7. The van der Waals surface area contributed by atoms with Crippen LogP contribution in [0.1, 0.15) is 59.8 Å². The van der Waals surface area contributed by atoms with Gasteiger partial charge in [-0.3, -0.25) is 9.59 Å². The molecule has 8 heteroatoms. The zero-order valence-corrected chi connectivity index (χ0v) is 19.6. The Morgan fingerprint density at radius 2 is 2.00 bits per heavy atom. The molecule has 4 aliphatic rings. The van der Waals surface area contributed by atoms with Gasteiger partial charge >= 0.3 is 5.97 Å². The largest absolute Gasteiger partial charge is 0.499 e. The highest BCUT2D eigenvalue weighted by atomic mass is 32.1. The number of halogens is 2. The fourth-order valence-electron chi connectivity index (χ4n) is 7.72. The molecule has 4 rings (SSSR count). The molecular weight excluding hydrogens is 438 g/mol. The third-order valence-electron chi connectivity index (χ3n) is 9.13. The molecule has 0 unspecified atom stereocenters. The van der Waals surface area contributed by atoms with Gasteiger partial charge in [-0.05, 0) is 62.7 Å². The molecule has 0 spiro atoms. The molecule has 0 aromatic rings. The highest BCUT2D eigenvalue weighted by Crippen LogP contribution is 2.70. The fourth-order valence-corrected chi connectivity index (χ4v) is 8.19. The summed E-state index contributed by atoms with van der Waals surface area (Å²) in [5, 5.41) is 21.6. The van der Waals surface area contributed by atoms with Gasteiger partial charge in [-0.2, -0.15) is 4.39 Å². The Hall–Kier alpha value is -1.67. The lowest BCUT2D eigenvalue weighted by molar-refractivity contribution is -0.186. The molecular formula is C24H30F2O5S. The van der Waals surface area contributed by atoms with Gasteiger partial charge in [0.1, 0.15) is 5.83 Å². The van der Waals surface area contributed by atoms with E-state index in [2.05, 4.69) is 0 Å². The average Bonchev–Trinajstić information content (AvgIpc) is 2.94. The van der Waals surface area contributed by atoms with Crippen molar-refractivity contribution in [2.75, 3.05) is 0 Å². The van der Waals surface area contributed by atoms with Crippen molar-refractivity contribution in [3.63, 3.8) is 0 Å². The van der Waals surface area contributed by atoms with E-state index in [9.17, 15) is 24.2 Å². The van der Waals surface area contributed by atoms with Crippen LogP contribution in [0, 0.1) is 34.5 Å². The Bertz CT molecular complexity index is 960. The topological polar surface area (TPSA) is 83.8 Å². The van der Waals surface area contributed by atoms with Crippen molar-refractivity contribution in [2.24, 2.45) is 34.5 Å². The number of rotatable bonds is 3. The summed E-state index contributed by atoms with van der Waals surface area (Å²) in [6.45, 7) is 6.97. The summed E-state index contributed by atoms with van der Waals surface area (Å²) in [6, 6.07) is 0. The first-order valence-electron chi connectivity index (χ1n) is 11.3. The average molecular weight is 469 g/mol. The fraction of sp³-hybridized carbons (Fsp3) is 0.708. The summed E-state index contributed by atoms with van der Waals surface area (Å²) in [7, 11) is 0. The van der Waals surface area contributed by atoms with Crippen molar-refractivity contribution < 1.29 is 33.3 Å². The third-order valence-corrected chi connectivity index (χ3v) is 9.43. The van der Waals surface area contributed by atoms with E-state index in [1.807, 2.05) is 13.8 Å². The van der Waals surface area contributed by atoms with E-state index in [0.29, 0.717) is 24.8 Å². The van der Waals surface area contributed by atoms with Gasteiger partial charge in [-0.1, -0.05) is 26.3 Å². The van der Waals surface area contributed by atoms with E-state index in [-0.39, 0.29) is 30.6 Å². The lowest BCUT2D eigenvalue weighted by atomic mass is 9.46. The van der Waals surface area contributed by atoms with Crippen molar-refractivity contribution >= 4 is 29.0 Å². The molecule has 0 amide bonds. The number of ether oxygens (including phenoxy) is 1. The summed E-state index contributed by atoms with van der Waals surface area (Å²) >= 11 is 5.23.